The van der Waals surface area contributed by atoms with Gasteiger partial charge in [-0.05, 0) is 38.0 Å². The van der Waals surface area contributed by atoms with Crippen molar-refractivity contribution < 1.29 is 9.90 Å². The Bertz CT molecular complexity index is 1010. The van der Waals surface area contributed by atoms with Crippen LogP contribution in [0.25, 0.3) is 22.0 Å². The molecule has 1 heterocycles. The molecule has 0 unspecified atom stereocenters. The van der Waals surface area contributed by atoms with E-state index >= 15 is 0 Å². The fraction of sp³-hybridized carbons (Fsp3) is 0.211. The first-order valence-electron chi connectivity index (χ1n) is 7.93. The predicted octanol–water partition coefficient (Wildman–Crippen LogP) is 3.21. The van der Waals surface area contributed by atoms with Crippen LogP contribution in [-0.2, 0) is 6.67 Å². The number of amides is 1. The Morgan fingerprint density at radius 1 is 1.12 bits per heavy atom. The molecule has 1 aromatic heterocycles. The van der Waals surface area contributed by atoms with Crippen LogP contribution in [0.1, 0.15) is 16.7 Å². The molecule has 0 atom stereocenters. The van der Waals surface area contributed by atoms with E-state index in [1.54, 1.807) is 12.1 Å². The number of aromatic nitrogens is 2. The highest BCUT2D eigenvalue weighted by Gasteiger charge is 2.16. The van der Waals surface area contributed by atoms with Crippen molar-refractivity contribution in [2.45, 2.75) is 27.4 Å². The summed E-state index contributed by atoms with van der Waals surface area (Å²) in [5.74, 6) is 0. The number of benzene rings is 2. The highest BCUT2D eigenvalue weighted by Crippen LogP contribution is 2.31. The molecule has 0 aliphatic heterocycles. The van der Waals surface area contributed by atoms with E-state index in [4.69, 9.17) is 5.11 Å². The zero-order valence-corrected chi connectivity index (χ0v) is 14.3. The number of carboxylic acid groups (broad SMARTS) is 1. The minimum absolute atomic E-state index is 0.198. The fourth-order valence-electron chi connectivity index (χ4n) is 3.22. The number of rotatable bonds is 3. The Kier molecular flexibility index (Phi) is 4.27. The van der Waals surface area contributed by atoms with E-state index < -0.39 is 6.09 Å². The normalized spacial score (nSPS) is 10.8. The number of fused-ring (bicyclic) bond motifs is 1. The molecule has 0 radical (unpaired) electrons. The number of hydrogen-bond acceptors (Lipinski definition) is 3. The van der Waals surface area contributed by atoms with E-state index in [9.17, 15) is 9.59 Å². The number of nitrogens with one attached hydrogen (secondary N) is 1. The van der Waals surface area contributed by atoms with Crippen LogP contribution in [-0.4, -0.2) is 21.0 Å². The van der Waals surface area contributed by atoms with Crippen LogP contribution in [0.2, 0.25) is 0 Å². The van der Waals surface area contributed by atoms with Crippen LogP contribution in [0.3, 0.4) is 0 Å². The third kappa shape index (κ3) is 3.10. The third-order valence-corrected chi connectivity index (χ3v) is 4.16. The molecule has 0 bridgehead atoms. The first-order valence-corrected chi connectivity index (χ1v) is 7.93. The highest BCUT2D eigenvalue weighted by atomic mass is 16.4. The molecule has 6 heteroatoms. The van der Waals surface area contributed by atoms with E-state index in [1.807, 2.05) is 32.9 Å². The topological polar surface area (TPSA) is 84.2 Å². The maximum absolute atomic E-state index is 12.6. The van der Waals surface area contributed by atoms with Crippen molar-refractivity contribution in [1.82, 2.24) is 15.1 Å². The lowest BCUT2D eigenvalue weighted by Crippen LogP contribution is -2.33. The molecule has 3 aromatic rings. The minimum atomic E-state index is -1.20. The molecule has 6 nitrogen and oxygen atoms in total. The lowest BCUT2D eigenvalue weighted by molar-refractivity contribution is 0.190. The van der Waals surface area contributed by atoms with Crippen molar-refractivity contribution in [3.05, 3.63) is 63.4 Å². The van der Waals surface area contributed by atoms with Crippen LogP contribution in [0.5, 0.6) is 0 Å². The lowest BCUT2D eigenvalue weighted by Gasteiger charge is -2.15. The molecule has 25 heavy (non-hydrogen) atoms. The summed E-state index contributed by atoms with van der Waals surface area (Å²) < 4.78 is 1.16. The number of hydrogen-bond donors (Lipinski definition) is 2. The quantitative estimate of drug-likeness (QED) is 0.768. The van der Waals surface area contributed by atoms with E-state index in [2.05, 4.69) is 22.5 Å². The smallest absolute Gasteiger partial charge is 0.406 e. The van der Waals surface area contributed by atoms with Crippen molar-refractivity contribution in [3.8, 4) is 11.3 Å². The Hall–Kier alpha value is -3.15. The molecule has 0 spiro atoms. The van der Waals surface area contributed by atoms with Gasteiger partial charge in [-0.3, -0.25) is 4.79 Å². The first-order chi connectivity index (χ1) is 11.9. The zero-order valence-electron chi connectivity index (χ0n) is 14.3. The first kappa shape index (κ1) is 16.7. The van der Waals surface area contributed by atoms with E-state index in [-0.39, 0.29) is 12.2 Å². The second-order valence-corrected chi connectivity index (χ2v) is 6.11. The highest BCUT2D eigenvalue weighted by molar-refractivity contribution is 5.95. The van der Waals surface area contributed by atoms with Crippen LogP contribution in [0, 0.1) is 20.8 Å². The SMILES string of the molecule is Cc1cc(C)c(-c2nn(CNC(=O)O)c(=O)c3ccccc23)c(C)c1. The molecule has 0 aliphatic carbocycles. The van der Waals surface area contributed by atoms with Crippen molar-refractivity contribution in [2.75, 3.05) is 0 Å². The largest absolute Gasteiger partial charge is 0.465 e. The Balaban J connectivity index is 2.33. The molecular formula is C19H19N3O3. The van der Waals surface area contributed by atoms with Gasteiger partial charge in [-0.25, -0.2) is 9.48 Å². The number of nitrogens with zero attached hydrogens (tertiary/aromatic N) is 2. The van der Waals surface area contributed by atoms with Gasteiger partial charge in [0.2, 0.25) is 0 Å². The summed E-state index contributed by atoms with van der Waals surface area (Å²) in [4.78, 5) is 23.4. The lowest BCUT2D eigenvalue weighted by atomic mass is 9.95. The molecule has 128 valence electrons. The van der Waals surface area contributed by atoms with Crippen molar-refractivity contribution in [2.24, 2.45) is 0 Å². The van der Waals surface area contributed by atoms with E-state index in [0.29, 0.717) is 11.1 Å². The summed E-state index contributed by atoms with van der Waals surface area (Å²) in [6.45, 7) is 5.86. The summed E-state index contributed by atoms with van der Waals surface area (Å²) >= 11 is 0. The summed E-state index contributed by atoms with van der Waals surface area (Å²) in [7, 11) is 0. The van der Waals surface area contributed by atoms with Crippen LogP contribution in [0.15, 0.2) is 41.2 Å². The molecule has 0 fully saturated rings. The fourth-order valence-corrected chi connectivity index (χ4v) is 3.22. The van der Waals surface area contributed by atoms with Gasteiger partial charge < -0.3 is 10.4 Å². The van der Waals surface area contributed by atoms with Crippen molar-refractivity contribution in [3.63, 3.8) is 0 Å². The average Bonchev–Trinajstić information content (AvgIpc) is 2.55. The maximum Gasteiger partial charge on any atom is 0.406 e. The Morgan fingerprint density at radius 2 is 1.72 bits per heavy atom. The standard InChI is InChI=1S/C19H19N3O3/c1-11-8-12(2)16(13(3)9-11)17-14-6-4-5-7-15(14)18(23)22(21-17)10-20-19(24)25/h4-9,20H,10H2,1-3H3,(H,24,25). The van der Waals surface area contributed by atoms with E-state index in [1.165, 1.54) is 0 Å². The molecule has 2 aromatic carbocycles. The van der Waals surface area contributed by atoms with Crippen LogP contribution >= 0.6 is 0 Å². The van der Waals surface area contributed by atoms with Gasteiger partial charge in [0.25, 0.3) is 5.56 Å². The van der Waals surface area contributed by atoms with Gasteiger partial charge in [0, 0.05) is 10.9 Å². The van der Waals surface area contributed by atoms with Crippen LogP contribution in [0.4, 0.5) is 4.79 Å². The van der Waals surface area contributed by atoms with Gasteiger partial charge >= 0.3 is 6.09 Å². The van der Waals surface area contributed by atoms with Gasteiger partial charge in [0.15, 0.2) is 0 Å². The Morgan fingerprint density at radius 3 is 2.32 bits per heavy atom. The van der Waals surface area contributed by atoms with Crippen LogP contribution < -0.4 is 10.9 Å². The predicted molar refractivity (Wildman–Crippen MR) is 96.8 cm³/mol. The monoisotopic (exact) mass is 337 g/mol. The maximum atomic E-state index is 12.6. The molecule has 2 N–H and O–H groups in total. The molecule has 3 rings (SSSR count). The summed E-state index contributed by atoms with van der Waals surface area (Å²) in [6, 6.07) is 11.4. The summed E-state index contributed by atoms with van der Waals surface area (Å²) in [5.41, 5.74) is 4.60. The van der Waals surface area contributed by atoms with Gasteiger partial charge in [0.1, 0.15) is 6.67 Å². The minimum Gasteiger partial charge on any atom is -0.465 e. The molecule has 1 amide bonds. The Labute approximate surface area is 144 Å². The van der Waals surface area contributed by atoms with Crippen molar-refractivity contribution in [1.29, 1.82) is 0 Å². The third-order valence-electron chi connectivity index (χ3n) is 4.16. The van der Waals surface area contributed by atoms with Gasteiger partial charge in [-0.1, -0.05) is 35.9 Å². The number of carbonyl (C=O) groups is 1. The van der Waals surface area contributed by atoms with Gasteiger partial charge in [0.05, 0.1) is 11.1 Å². The molecule has 0 aliphatic rings. The van der Waals surface area contributed by atoms with Crippen molar-refractivity contribution >= 4 is 16.9 Å². The average molecular weight is 337 g/mol. The summed E-state index contributed by atoms with van der Waals surface area (Å²) in [5, 5.41) is 16.8. The molecule has 0 saturated heterocycles. The van der Waals surface area contributed by atoms with Gasteiger partial charge in [-0.2, -0.15) is 5.10 Å². The summed E-state index contributed by atoms with van der Waals surface area (Å²) in [6.07, 6.45) is -1.20. The second kappa shape index (κ2) is 6.39. The van der Waals surface area contributed by atoms with E-state index in [0.717, 1.165) is 32.3 Å². The van der Waals surface area contributed by atoms with Gasteiger partial charge in [-0.15, -0.1) is 0 Å². The molecule has 0 saturated carbocycles. The molecular weight excluding hydrogens is 318 g/mol. The second-order valence-electron chi connectivity index (χ2n) is 6.11. The number of aryl methyl sites for hydroxylation is 3. The zero-order chi connectivity index (χ0) is 18.1.